The molecule has 0 spiro atoms. The Balaban J connectivity index is 1.42. The summed E-state index contributed by atoms with van der Waals surface area (Å²) in [7, 11) is 1.56. The summed E-state index contributed by atoms with van der Waals surface area (Å²) in [5, 5.41) is 4.09. The summed E-state index contributed by atoms with van der Waals surface area (Å²) in [6, 6.07) is 21.9. The second-order valence-corrected chi connectivity index (χ2v) is 8.32. The minimum absolute atomic E-state index is 0.248. The van der Waals surface area contributed by atoms with Gasteiger partial charge >= 0.3 is 0 Å². The number of carbonyl (C=O) groups excluding carboxylic acids is 1. The number of rotatable bonds is 8. The average Bonchev–Trinajstić information content (AvgIpc) is 2.86. The van der Waals surface area contributed by atoms with Crippen LogP contribution in [0.1, 0.15) is 15.9 Å². The van der Waals surface area contributed by atoms with E-state index < -0.39 is 0 Å². The van der Waals surface area contributed by atoms with Crippen LogP contribution in [0.25, 0.3) is 11.1 Å². The van der Waals surface area contributed by atoms with Gasteiger partial charge in [0.15, 0.2) is 11.5 Å². The highest BCUT2D eigenvalue weighted by Gasteiger charge is 2.12. The zero-order valence-electron chi connectivity index (χ0n) is 18.4. The number of ether oxygens (including phenoxy) is 2. The largest absolute Gasteiger partial charge is 0.493 e. The number of hydrogen-bond acceptors (Lipinski definition) is 4. The van der Waals surface area contributed by atoms with Crippen LogP contribution in [-0.4, -0.2) is 24.6 Å². The molecule has 3 aromatic carbocycles. The van der Waals surface area contributed by atoms with Crippen LogP contribution in [0.5, 0.6) is 11.5 Å². The SMILES string of the molecule is COc1ccc(C(=O)Nc2ccc(-c3cccnc3)cc2)cc1OCCc1ccc(Cl)cc1Cl. The Kier molecular flexibility index (Phi) is 7.68. The smallest absolute Gasteiger partial charge is 0.255 e. The Morgan fingerprint density at radius 1 is 0.941 bits per heavy atom. The number of hydrogen-bond donors (Lipinski definition) is 1. The average molecular weight is 493 g/mol. The Morgan fingerprint density at radius 2 is 1.76 bits per heavy atom. The zero-order chi connectivity index (χ0) is 23.9. The Morgan fingerprint density at radius 3 is 2.47 bits per heavy atom. The molecule has 34 heavy (non-hydrogen) atoms. The first-order valence-electron chi connectivity index (χ1n) is 10.6. The third-order valence-corrected chi connectivity index (χ3v) is 5.79. The number of methoxy groups -OCH3 is 1. The molecule has 1 heterocycles. The number of nitrogens with one attached hydrogen (secondary N) is 1. The molecule has 1 N–H and O–H groups in total. The fourth-order valence-corrected chi connectivity index (χ4v) is 3.91. The van der Waals surface area contributed by atoms with Gasteiger partial charge in [-0.05, 0) is 65.2 Å². The number of benzene rings is 3. The molecule has 4 rings (SSSR count). The molecule has 7 heteroatoms. The molecule has 0 aliphatic rings. The highest BCUT2D eigenvalue weighted by atomic mass is 35.5. The molecule has 0 fully saturated rings. The van der Waals surface area contributed by atoms with Crippen LogP contribution in [-0.2, 0) is 6.42 Å². The van der Waals surface area contributed by atoms with Gasteiger partial charge in [0.25, 0.3) is 5.91 Å². The normalized spacial score (nSPS) is 10.6. The highest BCUT2D eigenvalue weighted by Crippen LogP contribution is 2.29. The first-order valence-corrected chi connectivity index (χ1v) is 11.4. The summed E-state index contributed by atoms with van der Waals surface area (Å²) in [5.74, 6) is 0.772. The number of pyridine rings is 1. The van der Waals surface area contributed by atoms with Gasteiger partial charge in [-0.3, -0.25) is 9.78 Å². The van der Waals surface area contributed by atoms with Gasteiger partial charge in [0.1, 0.15) is 0 Å². The second-order valence-electron chi connectivity index (χ2n) is 7.47. The molecule has 4 aromatic rings. The van der Waals surface area contributed by atoms with Crippen molar-refractivity contribution in [1.29, 1.82) is 0 Å². The van der Waals surface area contributed by atoms with Crippen molar-refractivity contribution in [1.82, 2.24) is 4.98 Å². The molecule has 0 saturated heterocycles. The van der Waals surface area contributed by atoms with Crippen molar-refractivity contribution < 1.29 is 14.3 Å². The van der Waals surface area contributed by atoms with Gasteiger partial charge in [0.2, 0.25) is 0 Å². The molecule has 1 aromatic heterocycles. The third-order valence-electron chi connectivity index (χ3n) is 5.21. The first-order chi connectivity index (χ1) is 16.5. The molecule has 0 unspecified atom stereocenters. The lowest BCUT2D eigenvalue weighted by Crippen LogP contribution is -2.12. The summed E-state index contributed by atoms with van der Waals surface area (Å²) in [5.41, 5.74) is 4.10. The summed E-state index contributed by atoms with van der Waals surface area (Å²) in [6.45, 7) is 0.360. The van der Waals surface area contributed by atoms with Crippen molar-refractivity contribution >= 4 is 34.8 Å². The number of aromatic nitrogens is 1. The van der Waals surface area contributed by atoms with Gasteiger partial charge < -0.3 is 14.8 Å². The maximum atomic E-state index is 12.8. The van der Waals surface area contributed by atoms with Crippen LogP contribution in [0.2, 0.25) is 10.0 Å². The van der Waals surface area contributed by atoms with E-state index in [0.29, 0.717) is 45.8 Å². The molecular formula is C27H22Cl2N2O3. The minimum Gasteiger partial charge on any atom is -0.493 e. The van der Waals surface area contributed by atoms with Crippen molar-refractivity contribution in [3.8, 4) is 22.6 Å². The predicted octanol–water partition coefficient (Wildman–Crippen LogP) is 6.94. The molecule has 0 saturated carbocycles. The predicted molar refractivity (Wildman–Crippen MR) is 136 cm³/mol. The molecular weight excluding hydrogens is 471 g/mol. The molecule has 0 aliphatic carbocycles. The van der Waals surface area contributed by atoms with E-state index in [1.807, 2.05) is 42.5 Å². The Labute approximate surface area is 208 Å². The minimum atomic E-state index is -0.248. The molecule has 0 aliphatic heterocycles. The topological polar surface area (TPSA) is 60.5 Å². The number of carbonyl (C=O) groups is 1. The first kappa shape index (κ1) is 23.6. The van der Waals surface area contributed by atoms with E-state index in [1.54, 1.807) is 49.8 Å². The van der Waals surface area contributed by atoms with E-state index >= 15 is 0 Å². The van der Waals surface area contributed by atoms with Crippen LogP contribution in [0, 0.1) is 0 Å². The summed E-state index contributed by atoms with van der Waals surface area (Å²) < 4.78 is 11.3. The Bertz CT molecular complexity index is 1280. The number of anilines is 1. The molecule has 0 atom stereocenters. The highest BCUT2D eigenvalue weighted by molar-refractivity contribution is 6.35. The van der Waals surface area contributed by atoms with Crippen molar-refractivity contribution in [3.63, 3.8) is 0 Å². The monoisotopic (exact) mass is 492 g/mol. The standard InChI is InChI=1S/C27H22Cl2N2O3/c1-33-25-11-7-20(15-26(25)34-14-12-19-4-8-22(28)16-24(19)29)27(32)31-23-9-5-18(6-10-23)21-3-2-13-30-17-21/h2-11,13,15-17H,12,14H2,1H3,(H,31,32). The van der Waals surface area contributed by atoms with Crippen LogP contribution >= 0.6 is 23.2 Å². The molecule has 1 amide bonds. The third kappa shape index (κ3) is 5.87. The van der Waals surface area contributed by atoms with E-state index in [-0.39, 0.29) is 5.91 Å². The van der Waals surface area contributed by atoms with Crippen LogP contribution in [0.3, 0.4) is 0 Å². The van der Waals surface area contributed by atoms with Gasteiger partial charge in [-0.15, -0.1) is 0 Å². The summed E-state index contributed by atoms with van der Waals surface area (Å²) >= 11 is 12.2. The van der Waals surface area contributed by atoms with E-state index in [9.17, 15) is 4.79 Å². The quantitative estimate of drug-likeness (QED) is 0.289. The van der Waals surface area contributed by atoms with Crippen LogP contribution < -0.4 is 14.8 Å². The van der Waals surface area contributed by atoms with Gasteiger partial charge in [-0.25, -0.2) is 0 Å². The van der Waals surface area contributed by atoms with Gasteiger partial charge in [0, 0.05) is 40.1 Å². The number of nitrogens with zero attached hydrogens (tertiary/aromatic N) is 1. The number of halogens is 2. The van der Waals surface area contributed by atoms with Crippen LogP contribution in [0.4, 0.5) is 5.69 Å². The maximum absolute atomic E-state index is 12.8. The lowest BCUT2D eigenvalue weighted by molar-refractivity contribution is 0.102. The van der Waals surface area contributed by atoms with Gasteiger partial charge in [0.05, 0.1) is 13.7 Å². The van der Waals surface area contributed by atoms with Crippen molar-refractivity contribution in [2.75, 3.05) is 19.0 Å². The maximum Gasteiger partial charge on any atom is 0.255 e. The van der Waals surface area contributed by atoms with Gasteiger partial charge in [-0.1, -0.05) is 47.5 Å². The van der Waals surface area contributed by atoms with E-state index in [4.69, 9.17) is 32.7 Å². The van der Waals surface area contributed by atoms with Crippen molar-refractivity contribution in [3.05, 3.63) is 106 Å². The fourth-order valence-electron chi connectivity index (χ4n) is 3.41. The van der Waals surface area contributed by atoms with Gasteiger partial charge in [-0.2, -0.15) is 0 Å². The Hall–Kier alpha value is -3.54. The molecule has 5 nitrogen and oxygen atoms in total. The van der Waals surface area contributed by atoms with Crippen molar-refractivity contribution in [2.24, 2.45) is 0 Å². The summed E-state index contributed by atoms with van der Waals surface area (Å²) in [6.07, 6.45) is 4.12. The van der Waals surface area contributed by atoms with Crippen molar-refractivity contribution in [2.45, 2.75) is 6.42 Å². The van der Waals surface area contributed by atoms with E-state index in [0.717, 1.165) is 16.7 Å². The fraction of sp³-hybridized carbons (Fsp3) is 0.111. The second kappa shape index (κ2) is 11.1. The lowest BCUT2D eigenvalue weighted by Gasteiger charge is -2.13. The zero-order valence-corrected chi connectivity index (χ0v) is 19.9. The lowest BCUT2D eigenvalue weighted by atomic mass is 10.1. The molecule has 0 radical (unpaired) electrons. The molecule has 172 valence electrons. The van der Waals surface area contributed by atoms with Crippen LogP contribution in [0.15, 0.2) is 85.2 Å². The number of amides is 1. The summed E-state index contributed by atoms with van der Waals surface area (Å²) in [4.78, 5) is 17.0. The van der Waals surface area contributed by atoms with E-state index in [2.05, 4.69) is 10.3 Å². The molecule has 0 bridgehead atoms. The van der Waals surface area contributed by atoms with E-state index in [1.165, 1.54) is 0 Å².